The minimum absolute atomic E-state index is 0.320. The van der Waals surface area contributed by atoms with Gasteiger partial charge >= 0.3 is 0 Å². The van der Waals surface area contributed by atoms with E-state index in [1.54, 1.807) is 42.5 Å². The molecule has 0 heterocycles. The average Bonchev–Trinajstić information content (AvgIpc) is 2.19. The summed E-state index contributed by atoms with van der Waals surface area (Å²) in [6.45, 7) is 1.83. The molecule has 0 saturated carbocycles. The average molecular weight is 208 g/mol. The van der Waals surface area contributed by atoms with Gasteiger partial charge in [-0.25, -0.2) is 8.42 Å². The van der Waals surface area contributed by atoms with E-state index >= 15 is 0 Å². The smallest absolute Gasteiger partial charge is 0.199 e. The Bertz CT molecular complexity index is 428. The molecule has 0 aliphatic heterocycles. The molecule has 2 nitrogen and oxygen atoms in total. The highest BCUT2D eigenvalue weighted by molar-refractivity contribution is 7.94. The first kappa shape index (κ1) is 10.7. The number of hydrogen-bond donors (Lipinski definition) is 0. The van der Waals surface area contributed by atoms with Gasteiger partial charge in [-0.3, -0.25) is 0 Å². The van der Waals surface area contributed by atoms with E-state index in [0.29, 0.717) is 4.90 Å². The van der Waals surface area contributed by atoms with Crippen molar-refractivity contribution in [1.29, 1.82) is 0 Å². The molecule has 0 aromatic heterocycles. The van der Waals surface area contributed by atoms with Crippen molar-refractivity contribution in [3.05, 3.63) is 54.0 Å². The fourth-order valence-corrected chi connectivity index (χ4v) is 1.94. The summed E-state index contributed by atoms with van der Waals surface area (Å²) in [5.41, 5.74) is 0. The van der Waals surface area contributed by atoms with Gasteiger partial charge in [0.05, 0.1) is 4.90 Å². The first-order chi connectivity index (χ1) is 6.67. The molecule has 3 heteroatoms. The van der Waals surface area contributed by atoms with Gasteiger partial charge in [0.15, 0.2) is 9.84 Å². The van der Waals surface area contributed by atoms with Crippen LogP contribution in [0.25, 0.3) is 0 Å². The quantitative estimate of drug-likeness (QED) is 0.715. The Morgan fingerprint density at radius 1 is 1.07 bits per heavy atom. The van der Waals surface area contributed by atoms with Gasteiger partial charge < -0.3 is 0 Å². The van der Waals surface area contributed by atoms with E-state index in [0.717, 1.165) is 0 Å². The second-order valence-electron chi connectivity index (χ2n) is 2.71. The Morgan fingerprint density at radius 3 is 2.29 bits per heavy atom. The Balaban J connectivity index is 2.98. The number of hydrogen-bond acceptors (Lipinski definition) is 2. The van der Waals surface area contributed by atoms with Crippen LogP contribution in [0, 0.1) is 0 Å². The van der Waals surface area contributed by atoms with Gasteiger partial charge in [-0.15, -0.1) is 0 Å². The molecule has 1 rings (SSSR count). The van der Waals surface area contributed by atoms with E-state index in [2.05, 4.69) is 0 Å². The number of rotatable bonds is 3. The Hall–Kier alpha value is -1.35. The van der Waals surface area contributed by atoms with Gasteiger partial charge in [0.25, 0.3) is 0 Å². The van der Waals surface area contributed by atoms with Crippen LogP contribution in [-0.2, 0) is 9.84 Å². The monoisotopic (exact) mass is 208 g/mol. The normalized spacial score (nSPS) is 12.6. The van der Waals surface area contributed by atoms with E-state index in [9.17, 15) is 8.42 Å². The molecule has 0 aliphatic rings. The summed E-state index contributed by atoms with van der Waals surface area (Å²) in [5.74, 6) is 0. The van der Waals surface area contributed by atoms with Crippen LogP contribution < -0.4 is 0 Å². The molecule has 0 bridgehead atoms. The predicted octanol–water partition coefficient (Wildman–Crippen LogP) is 2.55. The highest BCUT2D eigenvalue weighted by Gasteiger charge is 2.07. The summed E-state index contributed by atoms with van der Waals surface area (Å²) in [6, 6.07) is 8.35. The van der Waals surface area contributed by atoms with Crippen LogP contribution >= 0.6 is 0 Å². The summed E-state index contributed by atoms with van der Waals surface area (Å²) >= 11 is 0. The van der Waals surface area contributed by atoms with Crippen molar-refractivity contribution < 1.29 is 8.42 Å². The second-order valence-corrected chi connectivity index (χ2v) is 4.55. The Kier molecular flexibility index (Phi) is 3.65. The van der Waals surface area contributed by atoms with Gasteiger partial charge in [-0.1, -0.05) is 36.4 Å². The zero-order valence-corrected chi connectivity index (χ0v) is 8.74. The highest BCUT2D eigenvalue weighted by atomic mass is 32.2. The summed E-state index contributed by atoms with van der Waals surface area (Å²) in [6.07, 6.45) is 4.97. The lowest BCUT2D eigenvalue weighted by Crippen LogP contribution is -1.94. The lowest BCUT2D eigenvalue weighted by atomic mass is 10.4. The molecule has 74 valence electrons. The molecule has 14 heavy (non-hydrogen) atoms. The number of allylic oxidation sites excluding steroid dienone is 3. The molecule has 0 spiro atoms. The summed E-state index contributed by atoms with van der Waals surface area (Å²) in [7, 11) is -3.26. The molecule has 0 radical (unpaired) electrons. The van der Waals surface area contributed by atoms with Crippen molar-refractivity contribution in [1.82, 2.24) is 0 Å². The topological polar surface area (TPSA) is 34.1 Å². The third kappa shape index (κ3) is 2.85. The zero-order chi connectivity index (χ0) is 10.4. The van der Waals surface area contributed by atoms with Crippen LogP contribution in [0.15, 0.2) is 58.9 Å². The van der Waals surface area contributed by atoms with Crippen LogP contribution in [0.4, 0.5) is 0 Å². The first-order valence-electron chi connectivity index (χ1n) is 4.26. The van der Waals surface area contributed by atoms with Crippen LogP contribution in [0.1, 0.15) is 6.92 Å². The highest BCUT2D eigenvalue weighted by Crippen LogP contribution is 2.10. The van der Waals surface area contributed by atoms with E-state index in [1.807, 2.05) is 6.92 Å². The standard InChI is InChI=1S/C11H12O2S/c1-2-3-7-10-14(12,13)11-8-5-4-6-9-11/h2-10H,1H3/b3-2+,10-7+. The third-order valence-electron chi connectivity index (χ3n) is 1.63. The third-order valence-corrected chi connectivity index (χ3v) is 3.08. The molecular formula is C11H12O2S. The number of sulfone groups is 1. The first-order valence-corrected chi connectivity index (χ1v) is 5.81. The van der Waals surface area contributed by atoms with E-state index in [1.165, 1.54) is 11.5 Å². The van der Waals surface area contributed by atoms with E-state index in [-0.39, 0.29) is 0 Å². The lowest BCUT2D eigenvalue weighted by molar-refractivity contribution is 0.604. The largest absolute Gasteiger partial charge is 0.219 e. The van der Waals surface area contributed by atoms with Gasteiger partial charge in [0.1, 0.15) is 0 Å². The van der Waals surface area contributed by atoms with Crippen LogP contribution in [0.3, 0.4) is 0 Å². The van der Waals surface area contributed by atoms with Crippen LogP contribution in [0.5, 0.6) is 0 Å². The summed E-state index contributed by atoms with van der Waals surface area (Å²) < 4.78 is 23.2. The molecule has 0 fully saturated rings. The molecule has 0 N–H and O–H groups in total. The summed E-state index contributed by atoms with van der Waals surface area (Å²) in [4.78, 5) is 0.320. The minimum Gasteiger partial charge on any atom is -0.219 e. The molecule has 1 aromatic carbocycles. The number of benzene rings is 1. The van der Waals surface area contributed by atoms with Crippen LogP contribution in [0.2, 0.25) is 0 Å². The Labute approximate surface area is 84.5 Å². The van der Waals surface area contributed by atoms with E-state index < -0.39 is 9.84 Å². The zero-order valence-electron chi connectivity index (χ0n) is 7.92. The molecule has 0 aliphatic carbocycles. The summed E-state index contributed by atoms with van der Waals surface area (Å²) in [5, 5.41) is 1.20. The fourth-order valence-electron chi connectivity index (χ4n) is 0.949. The predicted molar refractivity (Wildman–Crippen MR) is 57.6 cm³/mol. The van der Waals surface area contributed by atoms with Crippen molar-refractivity contribution >= 4 is 9.84 Å². The lowest BCUT2D eigenvalue weighted by Gasteiger charge is -1.96. The molecular weight excluding hydrogens is 196 g/mol. The van der Waals surface area contributed by atoms with Gasteiger partial charge in [0.2, 0.25) is 0 Å². The van der Waals surface area contributed by atoms with E-state index in [4.69, 9.17) is 0 Å². The molecule has 0 atom stereocenters. The molecule has 0 amide bonds. The van der Waals surface area contributed by atoms with Gasteiger partial charge in [-0.05, 0) is 19.1 Å². The minimum atomic E-state index is -3.26. The van der Waals surface area contributed by atoms with Crippen molar-refractivity contribution in [2.24, 2.45) is 0 Å². The second kappa shape index (κ2) is 4.77. The van der Waals surface area contributed by atoms with Gasteiger partial charge in [0, 0.05) is 5.41 Å². The van der Waals surface area contributed by atoms with Crippen LogP contribution in [-0.4, -0.2) is 8.42 Å². The van der Waals surface area contributed by atoms with Gasteiger partial charge in [-0.2, -0.15) is 0 Å². The molecule has 0 unspecified atom stereocenters. The maximum absolute atomic E-state index is 11.6. The fraction of sp³-hybridized carbons (Fsp3) is 0.0909. The molecule has 1 aromatic rings. The Morgan fingerprint density at radius 2 is 1.71 bits per heavy atom. The van der Waals surface area contributed by atoms with Crippen molar-refractivity contribution in [2.45, 2.75) is 11.8 Å². The maximum Gasteiger partial charge on any atom is 0.199 e. The molecule has 0 saturated heterocycles. The SMILES string of the molecule is C/C=C/C=C/S(=O)(=O)c1ccccc1. The van der Waals surface area contributed by atoms with Crippen molar-refractivity contribution in [3.8, 4) is 0 Å². The van der Waals surface area contributed by atoms with Crippen molar-refractivity contribution in [2.75, 3.05) is 0 Å². The van der Waals surface area contributed by atoms with Crippen molar-refractivity contribution in [3.63, 3.8) is 0 Å². The maximum atomic E-state index is 11.6.